The molecule has 0 aliphatic carbocycles. The first kappa shape index (κ1) is 35.5. The van der Waals surface area contributed by atoms with Crippen LogP contribution in [-0.4, -0.2) is 84.1 Å². The zero-order valence-corrected chi connectivity index (χ0v) is 31.7. The Kier molecular flexibility index (Phi) is 8.05. The average Bonchev–Trinajstić information content (AvgIpc) is 3.64. The molecule has 286 valence electrons. The van der Waals surface area contributed by atoms with Gasteiger partial charge in [-0.3, -0.25) is 33.9 Å². The highest BCUT2D eigenvalue weighted by atomic mass is 16.7. The number of fused-ring (bicyclic) bond motifs is 9. The minimum Gasteiger partial charge on any atom is -0.493 e. The maximum absolute atomic E-state index is 14.6. The summed E-state index contributed by atoms with van der Waals surface area (Å²) >= 11 is 0. The largest absolute Gasteiger partial charge is 0.493 e. The number of nitrogens with zero attached hydrogens (tertiary/aromatic N) is 4. The first-order valence-electron chi connectivity index (χ1n) is 18.4. The Morgan fingerprint density at radius 2 is 1.64 bits per heavy atom. The number of nitriles is 1. The number of carbonyl (C=O) groups excluding carboxylic acids is 4. The summed E-state index contributed by atoms with van der Waals surface area (Å²) in [4.78, 5) is 60.0. The molecule has 2 N–H and O–H groups in total. The third kappa shape index (κ3) is 4.93. The average molecular weight is 758 g/mol. The number of methoxy groups -OCH3 is 1. The molecule has 9 rings (SSSR count). The first-order valence-corrected chi connectivity index (χ1v) is 18.4. The van der Waals surface area contributed by atoms with E-state index in [9.17, 15) is 24.4 Å². The van der Waals surface area contributed by atoms with E-state index in [-0.39, 0.29) is 31.5 Å². The van der Waals surface area contributed by atoms with Crippen LogP contribution in [0, 0.1) is 25.2 Å². The predicted octanol–water partition coefficient (Wildman–Crippen LogP) is 4.69. The number of carbonyl (C=O) groups is 4. The van der Waals surface area contributed by atoms with Crippen LogP contribution in [-0.2, 0) is 22.4 Å². The van der Waals surface area contributed by atoms with E-state index in [2.05, 4.69) is 15.9 Å². The maximum atomic E-state index is 14.6. The number of hydrogen-bond donors (Lipinski definition) is 1. The summed E-state index contributed by atoms with van der Waals surface area (Å²) in [6.07, 6.45) is 0.685. The number of aryl methyl sites for hydroxylation is 1. The molecule has 56 heavy (non-hydrogen) atoms. The monoisotopic (exact) mass is 757 g/mol. The molecule has 0 saturated carbocycles. The van der Waals surface area contributed by atoms with Gasteiger partial charge in [0.25, 0.3) is 11.8 Å². The van der Waals surface area contributed by atoms with E-state index >= 15 is 0 Å². The van der Waals surface area contributed by atoms with Gasteiger partial charge in [0.2, 0.25) is 6.79 Å². The molecule has 0 spiro atoms. The highest BCUT2D eigenvalue weighted by Gasteiger charge is 2.58. The zero-order valence-electron chi connectivity index (χ0n) is 31.7. The summed E-state index contributed by atoms with van der Waals surface area (Å²) in [6, 6.07) is 10.2. The van der Waals surface area contributed by atoms with Gasteiger partial charge >= 0.3 is 11.9 Å². The molecule has 0 unspecified atom stereocenters. The molecule has 5 atom stereocenters. The standard InChI is InChI=1S/C42H39N5O9/c1-18-10-23-12-28-30(15-43)47-29(35(45(28)5)33(23)40(36(18)52-6)56-21(4)49)14-26-34(39-38(53-17-54-39)19(2)37(26)55-20(3)48)31(47)16-46-41(50)25-9-7-8-22-11-24(44)13-27(32(22)25)42(46)51/h7-11,13,28-31,35H,12,14,16-17,44H2,1-6H3/t28-,29+,30+,31+,35+/m1/s1. The van der Waals surface area contributed by atoms with Crippen molar-refractivity contribution in [3.05, 3.63) is 80.9 Å². The predicted molar refractivity (Wildman–Crippen MR) is 201 cm³/mol. The van der Waals surface area contributed by atoms with Crippen molar-refractivity contribution in [2.75, 3.05) is 33.2 Å². The number of hydrogen-bond acceptors (Lipinski definition) is 13. The van der Waals surface area contributed by atoms with Crippen molar-refractivity contribution in [2.24, 2.45) is 0 Å². The Morgan fingerprint density at radius 1 is 0.929 bits per heavy atom. The van der Waals surface area contributed by atoms with E-state index < -0.39 is 47.9 Å². The van der Waals surface area contributed by atoms with Crippen molar-refractivity contribution < 1.29 is 42.9 Å². The summed E-state index contributed by atoms with van der Waals surface area (Å²) in [6.45, 7) is 6.04. The van der Waals surface area contributed by atoms with Gasteiger partial charge in [0.1, 0.15) is 11.8 Å². The number of nitrogen functional groups attached to an aromatic ring is 1. The number of anilines is 1. The number of nitrogens with two attached hydrogens (primary N) is 1. The maximum Gasteiger partial charge on any atom is 0.308 e. The second-order valence-corrected chi connectivity index (χ2v) is 15.1. The molecule has 14 heteroatoms. The number of esters is 2. The van der Waals surface area contributed by atoms with Crippen molar-refractivity contribution in [2.45, 2.75) is 70.7 Å². The van der Waals surface area contributed by atoms with Gasteiger partial charge in [-0.25, -0.2) is 0 Å². The number of imide groups is 1. The SMILES string of the molecule is COc1c(C)cc2c(c1OC(C)=O)[C@@H]1[C@@H]3Cc4c(OC(C)=O)c(C)c5c(c4[C@H](CN4C(=O)c6cccc7cc(N)cc(c67)C4=O)N3[C@@H](C#N)[C@@H](C2)N1C)OCO5. The Bertz CT molecular complexity index is 2510. The lowest BCUT2D eigenvalue weighted by Crippen LogP contribution is -2.69. The van der Waals surface area contributed by atoms with E-state index in [0.717, 1.165) is 16.7 Å². The lowest BCUT2D eigenvalue weighted by atomic mass is 9.71. The number of amides is 2. The van der Waals surface area contributed by atoms with Gasteiger partial charge in [-0.05, 0) is 68.4 Å². The number of ether oxygens (including phenoxy) is 5. The molecule has 2 amide bonds. The molecule has 5 heterocycles. The lowest BCUT2D eigenvalue weighted by Gasteiger charge is -2.60. The first-order chi connectivity index (χ1) is 26.8. The van der Waals surface area contributed by atoms with Gasteiger partial charge in [-0.2, -0.15) is 5.26 Å². The van der Waals surface area contributed by atoms with Crippen LogP contribution in [0.1, 0.15) is 80.0 Å². The molecular formula is C42H39N5O9. The highest BCUT2D eigenvalue weighted by molar-refractivity contribution is 6.26. The molecule has 5 aliphatic heterocycles. The third-order valence-electron chi connectivity index (χ3n) is 12.0. The van der Waals surface area contributed by atoms with Crippen LogP contribution in [0.25, 0.3) is 10.8 Å². The van der Waals surface area contributed by atoms with Crippen molar-refractivity contribution in [1.82, 2.24) is 14.7 Å². The summed E-state index contributed by atoms with van der Waals surface area (Å²) in [5.41, 5.74) is 11.5. The number of piperazine rings is 1. The topological polar surface area (TPSA) is 174 Å². The van der Waals surface area contributed by atoms with Gasteiger partial charge in [0.15, 0.2) is 23.0 Å². The van der Waals surface area contributed by atoms with Gasteiger partial charge in [0.05, 0.1) is 30.8 Å². The molecule has 14 nitrogen and oxygen atoms in total. The van der Waals surface area contributed by atoms with Gasteiger partial charge < -0.3 is 29.4 Å². The van der Waals surface area contributed by atoms with Gasteiger partial charge in [-0.1, -0.05) is 18.2 Å². The number of benzene rings is 4. The van der Waals surface area contributed by atoms with Crippen molar-refractivity contribution in [3.63, 3.8) is 0 Å². The quantitative estimate of drug-likeness (QED) is 0.129. The smallest absolute Gasteiger partial charge is 0.308 e. The molecule has 1 saturated heterocycles. The number of rotatable bonds is 5. The Balaban J connectivity index is 1.30. The second-order valence-electron chi connectivity index (χ2n) is 15.1. The Labute approximate surface area is 322 Å². The molecule has 2 bridgehead atoms. The minimum absolute atomic E-state index is 0.105. The van der Waals surface area contributed by atoms with Crippen molar-refractivity contribution in [3.8, 4) is 34.8 Å². The van der Waals surface area contributed by atoms with E-state index in [1.54, 1.807) is 31.2 Å². The minimum atomic E-state index is -0.849. The molecular weight excluding hydrogens is 718 g/mol. The van der Waals surface area contributed by atoms with Crippen LogP contribution >= 0.6 is 0 Å². The van der Waals surface area contributed by atoms with Crippen molar-refractivity contribution >= 4 is 40.2 Å². The summed E-state index contributed by atoms with van der Waals surface area (Å²) in [5, 5.41) is 12.4. The second kappa shape index (κ2) is 12.7. The van der Waals surface area contributed by atoms with E-state index in [0.29, 0.717) is 73.7 Å². The third-order valence-corrected chi connectivity index (χ3v) is 12.0. The summed E-state index contributed by atoms with van der Waals surface area (Å²) in [5.74, 6) is -0.293. The van der Waals surface area contributed by atoms with Crippen LogP contribution in [0.4, 0.5) is 5.69 Å². The van der Waals surface area contributed by atoms with Crippen LogP contribution in [0.3, 0.4) is 0 Å². The van der Waals surface area contributed by atoms with Gasteiger partial charge in [0, 0.05) is 71.4 Å². The van der Waals surface area contributed by atoms with Crippen LogP contribution in [0.2, 0.25) is 0 Å². The fraction of sp³-hybridized carbons (Fsp3) is 0.357. The van der Waals surface area contributed by atoms with Gasteiger partial charge in [-0.15, -0.1) is 0 Å². The van der Waals surface area contributed by atoms with Crippen LogP contribution in [0.15, 0.2) is 36.4 Å². The van der Waals surface area contributed by atoms with E-state index in [1.165, 1.54) is 25.9 Å². The summed E-state index contributed by atoms with van der Waals surface area (Å²) in [7, 11) is 3.48. The molecule has 4 aromatic carbocycles. The van der Waals surface area contributed by atoms with Crippen LogP contribution < -0.4 is 29.4 Å². The lowest BCUT2D eigenvalue weighted by molar-refractivity contribution is -0.133. The Hall–Kier alpha value is -6.17. The van der Waals surface area contributed by atoms with Crippen LogP contribution in [0.5, 0.6) is 28.7 Å². The molecule has 0 aromatic heterocycles. The molecule has 4 aromatic rings. The fourth-order valence-electron chi connectivity index (χ4n) is 10.0. The summed E-state index contributed by atoms with van der Waals surface area (Å²) < 4.78 is 30.0. The molecule has 0 radical (unpaired) electrons. The van der Waals surface area contributed by atoms with E-state index in [1.807, 2.05) is 26.1 Å². The van der Waals surface area contributed by atoms with E-state index in [4.69, 9.17) is 29.4 Å². The number of likely N-dealkylation sites (N-methyl/N-ethyl adjacent to an activating group) is 1. The normalized spacial score (nSPS) is 23.2. The molecule has 1 fully saturated rings. The van der Waals surface area contributed by atoms with Crippen molar-refractivity contribution in [1.29, 1.82) is 5.26 Å². The molecule has 5 aliphatic rings. The Morgan fingerprint density at radius 3 is 2.36 bits per heavy atom. The zero-order chi connectivity index (χ0) is 39.5. The highest BCUT2D eigenvalue weighted by Crippen LogP contribution is 2.59. The fourth-order valence-corrected chi connectivity index (χ4v) is 10.0.